The van der Waals surface area contributed by atoms with Crippen LogP contribution in [0.3, 0.4) is 0 Å². The number of ether oxygens (including phenoxy) is 1. The van der Waals surface area contributed by atoms with Gasteiger partial charge in [-0.2, -0.15) is 5.26 Å². The summed E-state index contributed by atoms with van der Waals surface area (Å²) in [6.07, 6.45) is 0. The second-order valence-electron chi connectivity index (χ2n) is 8.66. The molecule has 204 valence electrons. The molecule has 40 heavy (non-hydrogen) atoms. The van der Waals surface area contributed by atoms with Crippen LogP contribution in [0.5, 0.6) is 11.5 Å². The number of benzene rings is 3. The number of carbonyl (C=O) groups excluding carboxylic acids is 2. The highest BCUT2D eigenvalue weighted by atomic mass is 35.5. The van der Waals surface area contributed by atoms with Gasteiger partial charge in [0.2, 0.25) is 5.91 Å². The van der Waals surface area contributed by atoms with Crippen molar-refractivity contribution in [2.75, 3.05) is 23.5 Å². The maximum Gasteiger partial charge on any atom is 0.254 e. The van der Waals surface area contributed by atoms with Crippen LogP contribution in [-0.4, -0.2) is 29.8 Å². The van der Waals surface area contributed by atoms with E-state index in [-0.39, 0.29) is 28.7 Å². The third-order valence-corrected chi connectivity index (χ3v) is 7.58. The van der Waals surface area contributed by atoms with Crippen LogP contribution in [0.4, 0.5) is 11.4 Å². The number of dihydropyridines is 1. The zero-order chi connectivity index (χ0) is 28.8. The first-order valence-electron chi connectivity index (χ1n) is 11.9. The van der Waals surface area contributed by atoms with E-state index >= 15 is 0 Å². The standard InChI is InChI=1S/C29H24Cl2N4O4S/c1-16-26(28(38)34-19-6-4-3-5-7-19)27(17-8-11-23(36)24(12-17)39-2)20(14-32)29(33-16)40-15-25(37)35-22-10-9-18(30)13-21(22)31/h3-13,27,33,36H,15H2,1-2H3,(H,34,38)(H,35,37). The fourth-order valence-corrected chi connectivity index (χ4v) is 5.52. The number of nitriles is 1. The molecule has 0 spiro atoms. The molecule has 1 aliphatic rings. The molecule has 0 aromatic heterocycles. The number of para-hydroxylation sites is 1. The van der Waals surface area contributed by atoms with E-state index in [9.17, 15) is 20.0 Å². The molecular weight excluding hydrogens is 571 g/mol. The monoisotopic (exact) mass is 594 g/mol. The number of nitrogens with zero attached hydrogens (tertiary/aromatic N) is 1. The van der Waals surface area contributed by atoms with Gasteiger partial charge in [-0.3, -0.25) is 9.59 Å². The zero-order valence-electron chi connectivity index (χ0n) is 21.4. The number of halogens is 2. The number of nitrogens with one attached hydrogen (secondary N) is 3. The molecule has 4 N–H and O–H groups in total. The second kappa shape index (κ2) is 12.8. The number of thioether (sulfide) groups is 1. The lowest BCUT2D eigenvalue weighted by Gasteiger charge is -2.30. The van der Waals surface area contributed by atoms with Gasteiger partial charge in [0.05, 0.1) is 46.2 Å². The molecule has 11 heteroatoms. The summed E-state index contributed by atoms with van der Waals surface area (Å²) in [5, 5.41) is 30.4. The van der Waals surface area contributed by atoms with Crippen LogP contribution in [0.15, 0.2) is 88.6 Å². The van der Waals surface area contributed by atoms with Gasteiger partial charge in [-0.1, -0.05) is 59.2 Å². The minimum Gasteiger partial charge on any atom is -0.504 e. The van der Waals surface area contributed by atoms with Crippen molar-refractivity contribution >= 4 is 58.2 Å². The molecule has 3 aromatic rings. The van der Waals surface area contributed by atoms with Gasteiger partial charge in [0, 0.05) is 22.0 Å². The minimum absolute atomic E-state index is 0.0447. The number of phenolic OH excluding ortho intramolecular Hbond substituents is 1. The zero-order valence-corrected chi connectivity index (χ0v) is 23.7. The average Bonchev–Trinajstić information content (AvgIpc) is 2.93. The Bertz CT molecular complexity index is 1570. The third-order valence-electron chi connectivity index (χ3n) is 6.01. The van der Waals surface area contributed by atoms with E-state index < -0.39 is 11.8 Å². The van der Waals surface area contributed by atoms with E-state index in [1.165, 1.54) is 19.2 Å². The second-order valence-corrected chi connectivity index (χ2v) is 10.5. The number of phenols is 1. The van der Waals surface area contributed by atoms with Crippen molar-refractivity contribution in [3.8, 4) is 17.6 Å². The third kappa shape index (κ3) is 6.54. The molecule has 4 rings (SSSR count). The fraction of sp³-hybridized carbons (Fsp3) is 0.138. The van der Waals surface area contributed by atoms with Crippen LogP contribution in [-0.2, 0) is 9.59 Å². The van der Waals surface area contributed by atoms with Gasteiger partial charge in [-0.25, -0.2) is 0 Å². The molecule has 2 amide bonds. The van der Waals surface area contributed by atoms with Crippen LogP contribution in [0.1, 0.15) is 18.4 Å². The Labute approximate surface area is 245 Å². The largest absolute Gasteiger partial charge is 0.504 e. The van der Waals surface area contributed by atoms with Crippen LogP contribution in [0, 0.1) is 11.3 Å². The highest BCUT2D eigenvalue weighted by molar-refractivity contribution is 8.03. The fourth-order valence-electron chi connectivity index (χ4n) is 4.17. The Hall–Kier alpha value is -4.10. The number of carbonyl (C=O) groups is 2. The number of aromatic hydroxyl groups is 1. The quantitative estimate of drug-likeness (QED) is 0.237. The van der Waals surface area contributed by atoms with E-state index in [0.717, 1.165) is 11.8 Å². The van der Waals surface area contributed by atoms with Crippen molar-refractivity contribution in [3.63, 3.8) is 0 Å². The van der Waals surface area contributed by atoms with Crippen LogP contribution >= 0.6 is 35.0 Å². The van der Waals surface area contributed by atoms with E-state index in [4.69, 9.17) is 27.9 Å². The van der Waals surface area contributed by atoms with Gasteiger partial charge < -0.3 is 25.8 Å². The Morgan fingerprint density at radius 3 is 2.52 bits per heavy atom. The summed E-state index contributed by atoms with van der Waals surface area (Å²) in [6.45, 7) is 1.73. The van der Waals surface area contributed by atoms with E-state index in [1.807, 2.05) is 6.07 Å². The Balaban J connectivity index is 1.67. The molecule has 1 aliphatic heterocycles. The summed E-state index contributed by atoms with van der Waals surface area (Å²) in [6, 6.07) is 20.6. The van der Waals surface area contributed by atoms with E-state index in [1.54, 1.807) is 55.5 Å². The lowest BCUT2D eigenvalue weighted by Crippen LogP contribution is -2.31. The summed E-state index contributed by atoms with van der Waals surface area (Å²) in [4.78, 5) is 26.3. The maximum atomic E-state index is 13.6. The molecule has 0 saturated carbocycles. The molecule has 1 unspecified atom stereocenters. The Morgan fingerprint density at radius 2 is 1.85 bits per heavy atom. The van der Waals surface area contributed by atoms with Gasteiger partial charge >= 0.3 is 0 Å². The molecule has 0 radical (unpaired) electrons. The number of hydrogen-bond acceptors (Lipinski definition) is 7. The van der Waals surface area contributed by atoms with E-state index in [2.05, 4.69) is 22.0 Å². The first kappa shape index (κ1) is 28.9. The first-order chi connectivity index (χ1) is 19.2. The number of hydrogen-bond donors (Lipinski definition) is 4. The average molecular weight is 596 g/mol. The number of methoxy groups -OCH3 is 1. The van der Waals surface area contributed by atoms with Crippen molar-refractivity contribution < 1.29 is 19.4 Å². The summed E-state index contributed by atoms with van der Waals surface area (Å²) < 4.78 is 5.28. The Morgan fingerprint density at radius 1 is 1.10 bits per heavy atom. The molecule has 0 saturated heterocycles. The molecule has 1 heterocycles. The van der Waals surface area contributed by atoms with E-state index in [0.29, 0.717) is 43.3 Å². The minimum atomic E-state index is -0.805. The normalized spacial score (nSPS) is 14.7. The van der Waals surface area contributed by atoms with Crippen molar-refractivity contribution in [1.29, 1.82) is 5.26 Å². The van der Waals surface area contributed by atoms with Crippen molar-refractivity contribution in [1.82, 2.24) is 5.32 Å². The summed E-state index contributed by atoms with van der Waals surface area (Å²) >= 11 is 13.2. The van der Waals surface area contributed by atoms with Crippen molar-refractivity contribution in [3.05, 3.63) is 104 Å². The van der Waals surface area contributed by atoms with Gasteiger partial charge in [0.25, 0.3) is 5.91 Å². The molecule has 3 aromatic carbocycles. The molecule has 0 bridgehead atoms. The highest BCUT2D eigenvalue weighted by Crippen LogP contribution is 2.43. The number of amides is 2. The predicted octanol–water partition coefficient (Wildman–Crippen LogP) is 6.41. The van der Waals surface area contributed by atoms with Gasteiger partial charge in [0.1, 0.15) is 0 Å². The first-order valence-corrected chi connectivity index (χ1v) is 13.7. The topological polar surface area (TPSA) is 123 Å². The molecule has 0 fully saturated rings. The van der Waals surface area contributed by atoms with Crippen LogP contribution < -0.4 is 20.7 Å². The summed E-state index contributed by atoms with van der Waals surface area (Å²) in [7, 11) is 1.42. The number of allylic oxidation sites excluding steroid dienone is 2. The number of rotatable bonds is 8. The molecular formula is C29H24Cl2N4O4S. The molecule has 0 aliphatic carbocycles. The van der Waals surface area contributed by atoms with Gasteiger partial charge in [0.15, 0.2) is 11.5 Å². The highest BCUT2D eigenvalue weighted by Gasteiger charge is 2.35. The summed E-state index contributed by atoms with van der Waals surface area (Å²) in [5.41, 5.74) is 2.62. The molecule has 1 atom stereocenters. The van der Waals surface area contributed by atoms with Crippen molar-refractivity contribution in [2.24, 2.45) is 0 Å². The maximum absolute atomic E-state index is 13.6. The number of anilines is 2. The predicted molar refractivity (Wildman–Crippen MR) is 158 cm³/mol. The SMILES string of the molecule is COc1cc(C2C(C#N)=C(SCC(=O)Nc3ccc(Cl)cc3Cl)NC(C)=C2C(=O)Nc2ccccc2)ccc1O. The Kier molecular flexibility index (Phi) is 9.27. The lowest BCUT2D eigenvalue weighted by molar-refractivity contribution is -0.114. The van der Waals surface area contributed by atoms with Gasteiger partial charge in [-0.05, 0) is 55.0 Å². The molecule has 8 nitrogen and oxygen atoms in total. The summed E-state index contributed by atoms with van der Waals surface area (Å²) in [5.74, 6) is -1.48. The van der Waals surface area contributed by atoms with Crippen molar-refractivity contribution in [2.45, 2.75) is 12.8 Å². The van der Waals surface area contributed by atoms with Gasteiger partial charge in [-0.15, -0.1) is 0 Å². The smallest absolute Gasteiger partial charge is 0.254 e. The lowest BCUT2D eigenvalue weighted by atomic mass is 9.82. The van der Waals surface area contributed by atoms with Crippen LogP contribution in [0.2, 0.25) is 10.0 Å². The van der Waals surface area contributed by atoms with Crippen LogP contribution in [0.25, 0.3) is 0 Å².